The van der Waals surface area contributed by atoms with E-state index < -0.39 is 47.4 Å². The molecule has 3 rings (SSSR count). The molecule has 1 aromatic heterocycles. The molecule has 0 aromatic carbocycles. The van der Waals surface area contributed by atoms with Crippen LogP contribution in [0.15, 0.2) is 21.9 Å². The summed E-state index contributed by atoms with van der Waals surface area (Å²) in [5.41, 5.74) is -3.18. The zero-order valence-electron chi connectivity index (χ0n) is 18.9. The molecule has 2 aliphatic rings. The van der Waals surface area contributed by atoms with Gasteiger partial charge in [-0.25, -0.2) is 4.79 Å². The first-order valence-corrected chi connectivity index (χ1v) is 12.1. The highest BCUT2D eigenvalue weighted by atomic mass is 31.2. The van der Waals surface area contributed by atoms with Crippen LogP contribution in [0.3, 0.4) is 0 Å². The number of aliphatic hydroxyl groups is 1. The Hall–Kier alpha value is -1.29. The number of aromatic nitrogens is 2. The Kier molecular flexibility index (Phi) is 6.00. The molecule has 176 valence electrons. The number of aromatic amines is 1. The van der Waals surface area contributed by atoms with E-state index in [0.717, 1.165) is 0 Å². The van der Waals surface area contributed by atoms with E-state index in [4.69, 9.17) is 14.0 Å². The highest BCUT2D eigenvalue weighted by Crippen LogP contribution is 2.61. The van der Waals surface area contributed by atoms with Crippen LogP contribution in [-0.2, 0) is 24.3 Å². The molecule has 6 atom stereocenters. The summed E-state index contributed by atoms with van der Waals surface area (Å²) < 4.78 is 32.0. The zero-order chi connectivity index (χ0) is 23.5. The lowest BCUT2D eigenvalue weighted by molar-refractivity contribution is -0.203. The lowest BCUT2D eigenvalue weighted by Gasteiger charge is -2.51. The van der Waals surface area contributed by atoms with Crippen molar-refractivity contribution in [3.63, 3.8) is 0 Å². The van der Waals surface area contributed by atoms with Crippen molar-refractivity contribution in [1.29, 1.82) is 0 Å². The molecule has 0 radical (unpaired) electrons. The minimum Gasteiger partial charge on any atom is -0.378 e. The number of fused-ring (bicyclic) bond motifs is 1. The SMILES string of the molecule is CCC(C)(CC1C[C@]2(n3ccc(=O)[nH]c3=O)OC(C)(C)O[C@H]12)OP(=O)(O)[C@@](C)(O)CC. The largest absolute Gasteiger partial charge is 0.378 e. The molecule has 1 saturated heterocycles. The molecule has 1 saturated carbocycles. The summed E-state index contributed by atoms with van der Waals surface area (Å²) in [6.07, 6.45) is 2.12. The fourth-order valence-corrected chi connectivity index (χ4v) is 5.82. The third-order valence-electron chi connectivity index (χ3n) is 6.56. The molecular weight excluding hydrogens is 427 g/mol. The first-order valence-electron chi connectivity index (χ1n) is 10.6. The van der Waals surface area contributed by atoms with Crippen LogP contribution in [0.1, 0.15) is 67.2 Å². The molecule has 0 amide bonds. The summed E-state index contributed by atoms with van der Waals surface area (Å²) in [6, 6.07) is 1.25. The van der Waals surface area contributed by atoms with Crippen molar-refractivity contribution < 1.29 is 28.6 Å². The van der Waals surface area contributed by atoms with Gasteiger partial charge in [0.15, 0.2) is 16.9 Å². The van der Waals surface area contributed by atoms with E-state index in [0.29, 0.717) is 19.3 Å². The third kappa shape index (κ3) is 4.21. The van der Waals surface area contributed by atoms with Crippen molar-refractivity contribution in [1.82, 2.24) is 9.55 Å². The quantitative estimate of drug-likeness (QED) is 0.502. The first kappa shape index (κ1) is 24.4. The smallest absolute Gasteiger partial charge is 0.359 e. The van der Waals surface area contributed by atoms with Gasteiger partial charge in [-0.05, 0) is 52.9 Å². The van der Waals surface area contributed by atoms with Gasteiger partial charge < -0.3 is 24.0 Å². The number of hydrogen-bond donors (Lipinski definition) is 3. The summed E-state index contributed by atoms with van der Waals surface area (Å²) in [6.45, 7) is 9.97. The van der Waals surface area contributed by atoms with E-state index in [1.807, 2.05) is 6.92 Å². The van der Waals surface area contributed by atoms with Gasteiger partial charge in [-0.2, -0.15) is 0 Å². The van der Waals surface area contributed by atoms with E-state index in [1.165, 1.54) is 23.8 Å². The van der Waals surface area contributed by atoms with E-state index >= 15 is 0 Å². The second kappa shape index (κ2) is 7.64. The van der Waals surface area contributed by atoms with Gasteiger partial charge >= 0.3 is 13.3 Å². The molecule has 31 heavy (non-hydrogen) atoms. The summed E-state index contributed by atoms with van der Waals surface area (Å²) in [4.78, 5) is 36.6. The van der Waals surface area contributed by atoms with Gasteiger partial charge in [-0.15, -0.1) is 0 Å². The molecule has 3 unspecified atom stereocenters. The van der Waals surface area contributed by atoms with Crippen LogP contribution in [0.2, 0.25) is 0 Å². The molecule has 2 fully saturated rings. The molecule has 0 spiro atoms. The van der Waals surface area contributed by atoms with Crippen molar-refractivity contribution in [2.75, 3.05) is 0 Å². The molecule has 0 bridgehead atoms. The van der Waals surface area contributed by atoms with Gasteiger partial charge in [-0.1, -0.05) is 13.8 Å². The van der Waals surface area contributed by atoms with Crippen LogP contribution in [0.5, 0.6) is 0 Å². The van der Waals surface area contributed by atoms with Crippen molar-refractivity contribution in [2.24, 2.45) is 5.92 Å². The van der Waals surface area contributed by atoms with E-state index in [-0.39, 0.29) is 12.3 Å². The summed E-state index contributed by atoms with van der Waals surface area (Å²) in [5.74, 6) is -1.10. The van der Waals surface area contributed by atoms with Crippen LogP contribution < -0.4 is 11.2 Å². The van der Waals surface area contributed by atoms with Gasteiger partial charge in [0.1, 0.15) is 6.10 Å². The fraction of sp³-hybridized carbons (Fsp3) is 0.800. The monoisotopic (exact) mass is 460 g/mol. The molecule has 1 aliphatic heterocycles. The topological polar surface area (TPSA) is 140 Å². The maximum absolute atomic E-state index is 12.8. The van der Waals surface area contributed by atoms with Crippen molar-refractivity contribution >= 4 is 7.60 Å². The van der Waals surface area contributed by atoms with Crippen LogP contribution in [0.4, 0.5) is 0 Å². The number of rotatable bonds is 8. The Bertz CT molecular complexity index is 1000. The van der Waals surface area contributed by atoms with Crippen molar-refractivity contribution in [3.05, 3.63) is 33.1 Å². The van der Waals surface area contributed by atoms with Crippen LogP contribution in [0.25, 0.3) is 0 Å². The van der Waals surface area contributed by atoms with Gasteiger partial charge in [0.2, 0.25) is 0 Å². The van der Waals surface area contributed by atoms with Gasteiger partial charge in [0.05, 0.1) is 5.60 Å². The standard InChI is InChI=1S/C20H33N2O8P/c1-7-18(5,30-31(26,27)19(6,25)8-2)11-13-12-20(15(13)28-17(3,4)29-20)22-10-9-14(23)21-16(22)24/h9-10,13,15,25H,7-8,11-12H2,1-6H3,(H,26,27)(H,21,23,24)/t13?,15-,18?,19-,20+/m1/s1. The Morgan fingerprint density at radius 2 is 1.97 bits per heavy atom. The number of ether oxygens (including phenoxy) is 2. The molecule has 2 heterocycles. The minimum absolute atomic E-state index is 0.0655. The lowest BCUT2D eigenvalue weighted by atomic mass is 9.68. The molecule has 1 aliphatic carbocycles. The molecule has 11 heteroatoms. The molecule has 3 N–H and O–H groups in total. The molecule has 1 aromatic rings. The Balaban J connectivity index is 1.87. The number of hydrogen-bond acceptors (Lipinski definition) is 7. The van der Waals surface area contributed by atoms with E-state index in [2.05, 4.69) is 4.98 Å². The highest BCUT2D eigenvalue weighted by Gasteiger charge is 2.67. The van der Waals surface area contributed by atoms with Gasteiger partial charge in [0.25, 0.3) is 5.56 Å². The minimum atomic E-state index is -4.33. The second-order valence-electron chi connectivity index (χ2n) is 9.52. The Labute approximate surface area is 181 Å². The summed E-state index contributed by atoms with van der Waals surface area (Å²) >= 11 is 0. The predicted octanol–water partition coefficient (Wildman–Crippen LogP) is 2.24. The van der Waals surface area contributed by atoms with E-state index in [9.17, 15) is 24.2 Å². The Morgan fingerprint density at radius 3 is 2.52 bits per heavy atom. The summed E-state index contributed by atoms with van der Waals surface area (Å²) in [7, 11) is -4.33. The third-order valence-corrected chi connectivity index (χ3v) is 8.78. The van der Waals surface area contributed by atoms with Crippen LogP contribution in [-0.4, -0.2) is 42.4 Å². The number of nitrogens with zero attached hydrogens (tertiary/aromatic N) is 1. The highest BCUT2D eigenvalue weighted by molar-refractivity contribution is 7.54. The van der Waals surface area contributed by atoms with Crippen LogP contribution >= 0.6 is 7.60 Å². The normalized spacial score (nSPS) is 32.9. The maximum atomic E-state index is 12.8. The van der Waals surface area contributed by atoms with Crippen molar-refractivity contribution in [2.45, 2.75) is 95.8 Å². The average molecular weight is 460 g/mol. The van der Waals surface area contributed by atoms with Gasteiger partial charge in [-0.3, -0.25) is 18.9 Å². The zero-order valence-corrected chi connectivity index (χ0v) is 19.8. The van der Waals surface area contributed by atoms with E-state index in [1.54, 1.807) is 27.7 Å². The fourth-order valence-electron chi connectivity index (χ4n) is 4.43. The van der Waals surface area contributed by atoms with Crippen molar-refractivity contribution in [3.8, 4) is 0 Å². The number of nitrogens with one attached hydrogen (secondary N) is 1. The Morgan fingerprint density at radius 1 is 1.32 bits per heavy atom. The average Bonchev–Trinajstić information content (AvgIpc) is 2.86. The number of H-pyrrole nitrogens is 1. The lowest BCUT2D eigenvalue weighted by Crippen LogP contribution is -2.62. The van der Waals surface area contributed by atoms with Crippen LogP contribution in [0, 0.1) is 5.92 Å². The second-order valence-corrected chi connectivity index (χ2v) is 11.7. The predicted molar refractivity (Wildman–Crippen MR) is 113 cm³/mol. The molecular formula is C20H33N2O8P. The first-order chi connectivity index (χ1) is 14.1. The van der Waals surface area contributed by atoms with Gasteiger partial charge in [0, 0.05) is 18.7 Å². The molecule has 10 nitrogen and oxygen atoms in total. The summed E-state index contributed by atoms with van der Waals surface area (Å²) in [5, 5.41) is 8.47. The maximum Gasteiger partial charge on any atom is 0.359 e.